The van der Waals surface area contributed by atoms with E-state index < -0.39 is 0 Å². The van der Waals surface area contributed by atoms with Crippen molar-refractivity contribution in [3.8, 4) is 0 Å². The van der Waals surface area contributed by atoms with Crippen molar-refractivity contribution in [3.05, 3.63) is 12.2 Å². The largest absolute Gasteiger partial charge is 0.342 e. The Hall–Kier alpha value is -0.790. The first kappa shape index (κ1) is 7.32. The van der Waals surface area contributed by atoms with Crippen molar-refractivity contribution >= 4 is 5.91 Å². The molecule has 1 rings (SSSR count). The van der Waals surface area contributed by atoms with Crippen molar-refractivity contribution in [3.63, 3.8) is 0 Å². The minimum absolute atomic E-state index is 0.249. The maximum Gasteiger partial charge on any atom is 0.222 e. The van der Waals surface area contributed by atoms with Crippen LogP contribution in [0.2, 0.25) is 0 Å². The van der Waals surface area contributed by atoms with E-state index in [9.17, 15) is 4.79 Å². The van der Waals surface area contributed by atoms with Gasteiger partial charge in [-0.25, -0.2) is 0 Å². The number of amides is 1. The highest BCUT2D eigenvalue weighted by atomic mass is 16.2. The molecule has 1 saturated heterocycles. The van der Waals surface area contributed by atoms with E-state index in [4.69, 9.17) is 0 Å². The summed E-state index contributed by atoms with van der Waals surface area (Å²) >= 11 is 0. The van der Waals surface area contributed by atoms with E-state index in [1.807, 2.05) is 7.05 Å². The van der Waals surface area contributed by atoms with Gasteiger partial charge in [0.25, 0.3) is 0 Å². The molecule has 0 aromatic rings. The Balaban J connectivity index is 2.57. The first-order valence-corrected chi connectivity index (χ1v) is 3.61. The summed E-state index contributed by atoms with van der Waals surface area (Å²) in [5.74, 6) is 0.249. The van der Waals surface area contributed by atoms with Gasteiger partial charge >= 0.3 is 0 Å². The molecule has 1 fully saturated rings. The van der Waals surface area contributed by atoms with E-state index in [2.05, 4.69) is 6.58 Å². The first-order valence-electron chi connectivity index (χ1n) is 3.61. The number of hydrogen-bond acceptors (Lipinski definition) is 1. The van der Waals surface area contributed by atoms with Crippen LogP contribution in [0.5, 0.6) is 0 Å². The molecule has 1 aliphatic rings. The van der Waals surface area contributed by atoms with E-state index in [1.54, 1.807) is 4.90 Å². The van der Waals surface area contributed by atoms with Crippen molar-refractivity contribution in [2.24, 2.45) is 0 Å². The van der Waals surface area contributed by atoms with Gasteiger partial charge in [0, 0.05) is 20.0 Å². The highest BCUT2D eigenvalue weighted by Crippen LogP contribution is 2.12. The summed E-state index contributed by atoms with van der Waals surface area (Å²) in [7, 11) is 1.83. The van der Waals surface area contributed by atoms with E-state index in [-0.39, 0.29) is 5.91 Å². The molecule has 2 heteroatoms. The number of likely N-dealkylation sites (N-methyl/N-ethyl adjacent to an activating group) is 1. The lowest BCUT2D eigenvalue weighted by molar-refractivity contribution is -0.129. The van der Waals surface area contributed by atoms with Crippen molar-refractivity contribution in [1.29, 1.82) is 0 Å². The Morgan fingerprint density at radius 3 is 2.90 bits per heavy atom. The number of carbonyl (C=O) groups excluding carboxylic acids is 1. The molecule has 1 amide bonds. The third kappa shape index (κ3) is 1.59. The van der Waals surface area contributed by atoms with Crippen LogP contribution in [0.3, 0.4) is 0 Å². The fourth-order valence-electron chi connectivity index (χ4n) is 1.18. The molecule has 0 saturated carbocycles. The van der Waals surface area contributed by atoms with Gasteiger partial charge in [0.05, 0.1) is 0 Å². The van der Waals surface area contributed by atoms with Crippen LogP contribution in [0.25, 0.3) is 0 Å². The van der Waals surface area contributed by atoms with Crippen LogP contribution < -0.4 is 0 Å². The fourth-order valence-corrected chi connectivity index (χ4v) is 1.18. The maximum absolute atomic E-state index is 11.0. The Bertz CT molecular complexity index is 163. The second-order valence-electron chi connectivity index (χ2n) is 2.85. The molecule has 10 heavy (non-hydrogen) atoms. The molecule has 0 unspecified atom stereocenters. The van der Waals surface area contributed by atoms with Gasteiger partial charge in [-0.1, -0.05) is 12.2 Å². The summed E-state index contributed by atoms with van der Waals surface area (Å²) in [5.41, 5.74) is 1.17. The number of nitrogens with zero attached hydrogens (tertiary/aromatic N) is 1. The topological polar surface area (TPSA) is 20.3 Å². The van der Waals surface area contributed by atoms with Gasteiger partial charge in [0.1, 0.15) is 0 Å². The third-order valence-corrected chi connectivity index (χ3v) is 1.81. The van der Waals surface area contributed by atoms with Gasteiger partial charge in [-0.2, -0.15) is 0 Å². The van der Waals surface area contributed by atoms with E-state index in [0.29, 0.717) is 6.42 Å². The van der Waals surface area contributed by atoms with Crippen molar-refractivity contribution in [1.82, 2.24) is 4.90 Å². The quantitative estimate of drug-likeness (QED) is 0.461. The normalized spacial score (nSPS) is 21.1. The zero-order valence-electron chi connectivity index (χ0n) is 6.39. The van der Waals surface area contributed by atoms with Crippen molar-refractivity contribution in [2.75, 3.05) is 13.6 Å². The summed E-state index contributed by atoms with van der Waals surface area (Å²) in [6.45, 7) is 4.61. The lowest BCUT2D eigenvalue weighted by atomic mass is 10.1. The molecular weight excluding hydrogens is 126 g/mol. The van der Waals surface area contributed by atoms with Gasteiger partial charge < -0.3 is 4.90 Å². The Labute approximate surface area is 61.5 Å². The second-order valence-corrected chi connectivity index (χ2v) is 2.85. The van der Waals surface area contributed by atoms with Crippen molar-refractivity contribution in [2.45, 2.75) is 19.3 Å². The molecule has 0 aliphatic carbocycles. The molecule has 56 valence electrons. The second kappa shape index (κ2) is 2.86. The number of rotatable bonds is 0. The summed E-state index contributed by atoms with van der Waals surface area (Å²) in [4.78, 5) is 12.8. The van der Waals surface area contributed by atoms with Gasteiger partial charge in [-0.15, -0.1) is 0 Å². The van der Waals surface area contributed by atoms with Crippen LogP contribution in [0.15, 0.2) is 12.2 Å². The highest BCUT2D eigenvalue weighted by molar-refractivity contribution is 5.76. The molecule has 0 aromatic carbocycles. The standard InChI is InChI=1S/C8H13NO/c1-7-4-3-5-8(10)9(2)6-7/h1,3-6H2,2H3. The molecule has 0 N–H and O–H groups in total. The van der Waals surface area contributed by atoms with E-state index in [0.717, 1.165) is 19.4 Å². The Morgan fingerprint density at radius 2 is 2.20 bits per heavy atom. The average molecular weight is 139 g/mol. The number of carbonyl (C=O) groups is 1. The Kier molecular flexibility index (Phi) is 2.10. The zero-order chi connectivity index (χ0) is 7.56. The first-order chi connectivity index (χ1) is 4.70. The van der Waals surface area contributed by atoms with Gasteiger partial charge in [0.2, 0.25) is 5.91 Å². The highest BCUT2D eigenvalue weighted by Gasteiger charge is 2.13. The molecular formula is C8H13NO. The van der Waals surface area contributed by atoms with Gasteiger partial charge in [-0.3, -0.25) is 4.79 Å². The zero-order valence-corrected chi connectivity index (χ0v) is 6.39. The molecule has 0 aromatic heterocycles. The predicted molar refractivity (Wildman–Crippen MR) is 40.6 cm³/mol. The predicted octanol–water partition coefficient (Wildman–Crippen LogP) is 1.18. The van der Waals surface area contributed by atoms with Crippen molar-refractivity contribution < 1.29 is 4.79 Å². The van der Waals surface area contributed by atoms with Gasteiger partial charge in [0.15, 0.2) is 0 Å². The summed E-state index contributed by atoms with van der Waals surface area (Å²) in [6, 6.07) is 0. The minimum atomic E-state index is 0.249. The van der Waals surface area contributed by atoms with Crippen LogP contribution in [-0.4, -0.2) is 24.4 Å². The summed E-state index contributed by atoms with van der Waals surface area (Å²) in [5, 5.41) is 0. The summed E-state index contributed by atoms with van der Waals surface area (Å²) in [6.07, 6.45) is 2.67. The lowest BCUT2D eigenvalue weighted by Crippen LogP contribution is -2.25. The minimum Gasteiger partial charge on any atom is -0.342 e. The maximum atomic E-state index is 11.0. The molecule has 0 atom stereocenters. The van der Waals surface area contributed by atoms with Crippen LogP contribution in [0.4, 0.5) is 0 Å². The monoisotopic (exact) mass is 139 g/mol. The van der Waals surface area contributed by atoms with Crippen LogP contribution in [0, 0.1) is 0 Å². The molecule has 1 heterocycles. The van der Waals surface area contributed by atoms with E-state index in [1.165, 1.54) is 5.57 Å². The van der Waals surface area contributed by atoms with Gasteiger partial charge in [-0.05, 0) is 12.8 Å². The third-order valence-electron chi connectivity index (χ3n) is 1.81. The Morgan fingerprint density at radius 1 is 1.50 bits per heavy atom. The van der Waals surface area contributed by atoms with Crippen LogP contribution >= 0.6 is 0 Å². The SMILES string of the molecule is C=C1CCCC(=O)N(C)C1. The fraction of sp³-hybridized carbons (Fsp3) is 0.625. The smallest absolute Gasteiger partial charge is 0.222 e. The molecule has 0 spiro atoms. The lowest BCUT2D eigenvalue weighted by Gasteiger charge is -2.13. The summed E-state index contributed by atoms with van der Waals surface area (Å²) < 4.78 is 0. The molecule has 1 aliphatic heterocycles. The molecule has 0 radical (unpaired) electrons. The number of likely N-dealkylation sites (tertiary alicyclic amines) is 1. The van der Waals surface area contributed by atoms with Crippen LogP contribution in [0.1, 0.15) is 19.3 Å². The number of hydrogen-bond donors (Lipinski definition) is 0. The average Bonchev–Trinajstić information content (AvgIpc) is 1.96. The molecule has 0 bridgehead atoms. The van der Waals surface area contributed by atoms with E-state index >= 15 is 0 Å². The molecule has 2 nitrogen and oxygen atoms in total. The van der Waals surface area contributed by atoms with Crippen LogP contribution in [-0.2, 0) is 4.79 Å².